The minimum Gasteiger partial charge on any atom is -0.424 e. The summed E-state index contributed by atoms with van der Waals surface area (Å²) in [5.74, 6) is 3.93. The summed E-state index contributed by atoms with van der Waals surface area (Å²) in [6.45, 7) is 3.87. The van der Waals surface area contributed by atoms with Crippen LogP contribution in [0.5, 0.6) is 0 Å². The highest BCUT2D eigenvalue weighted by Gasteiger charge is 2.54. The van der Waals surface area contributed by atoms with E-state index in [9.17, 15) is 0 Å². The maximum absolute atomic E-state index is 5.76. The van der Waals surface area contributed by atoms with Crippen molar-refractivity contribution in [2.24, 2.45) is 11.8 Å². The van der Waals surface area contributed by atoms with Gasteiger partial charge in [-0.15, -0.1) is 10.2 Å². The Morgan fingerprint density at radius 2 is 2.00 bits per heavy atom. The Labute approximate surface area is 102 Å². The van der Waals surface area contributed by atoms with Gasteiger partial charge >= 0.3 is 0 Å². The molecule has 0 bridgehead atoms. The highest BCUT2D eigenvalue weighted by atomic mass is 16.4. The predicted octanol–water partition coefficient (Wildman–Crippen LogP) is 2.47. The van der Waals surface area contributed by atoms with E-state index in [-0.39, 0.29) is 0 Å². The van der Waals surface area contributed by atoms with Crippen LogP contribution >= 0.6 is 0 Å². The van der Waals surface area contributed by atoms with Gasteiger partial charge in [-0.25, -0.2) is 0 Å². The molecule has 0 aliphatic heterocycles. The number of aromatic nitrogens is 2. The van der Waals surface area contributed by atoms with Gasteiger partial charge in [0.15, 0.2) is 0 Å². The van der Waals surface area contributed by atoms with Crippen LogP contribution in [0.15, 0.2) is 4.42 Å². The van der Waals surface area contributed by atoms with Gasteiger partial charge in [-0.1, -0.05) is 19.8 Å². The first-order valence-electron chi connectivity index (χ1n) is 6.93. The highest BCUT2D eigenvalue weighted by Crippen LogP contribution is 2.60. The van der Waals surface area contributed by atoms with Gasteiger partial charge in [-0.3, -0.25) is 0 Å². The van der Waals surface area contributed by atoms with E-state index in [4.69, 9.17) is 4.42 Å². The Morgan fingerprint density at radius 3 is 2.71 bits per heavy atom. The molecule has 2 atom stereocenters. The Hall–Kier alpha value is -0.900. The summed E-state index contributed by atoms with van der Waals surface area (Å²) in [4.78, 5) is 0. The molecule has 2 saturated carbocycles. The smallest absolute Gasteiger partial charge is 0.230 e. The van der Waals surface area contributed by atoms with Crippen LogP contribution in [0.4, 0.5) is 0 Å². The second kappa shape index (κ2) is 4.77. The summed E-state index contributed by atoms with van der Waals surface area (Å²) in [6.07, 6.45) is 6.63. The number of hydrogen-bond acceptors (Lipinski definition) is 4. The second-order valence-corrected chi connectivity index (χ2v) is 5.35. The van der Waals surface area contributed by atoms with Gasteiger partial charge in [0, 0.05) is 5.92 Å². The zero-order chi connectivity index (χ0) is 11.7. The number of fused-ring (bicyclic) bond motifs is 1. The van der Waals surface area contributed by atoms with Gasteiger partial charge in [-0.2, -0.15) is 0 Å². The quantitative estimate of drug-likeness (QED) is 0.797. The lowest BCUT2D eigenvalue weighted by atomic mass is 10.0. The van der Waals surface area contributed by atoms with E-state index in [2.05, 4.69) is 22.4 Å². The average molecular weight is 235 g/mol. The molecule has 1 aromatic rings. The van der Waals surface area contributed by atoms with Crippen molar-refractivity contribution in [2.45, 2.75) is 51.5 Å². The lowest BCUT2D eigenvalue weighted by Gasteiger charge is -2.04. The number of nitrogens with zero attached hydrogens (tertiary/aromatic N) is 2. The number of hydrogen-bond donors (Lipinski definition) is 1. The second-order valence-electron chi connectivity index (χ2n) is 5.35. The molecule has 1 aromatic heterocycles. The van der Waals surface area contributed by atoms with Crippen LogP contribution in [0, 0.1) is 11.8 Å². The summed E-state index contributed by atoms with van der Waals surface area (Å²) in [5, 5.41) is 11.6. The molecule has 2 aliphatic rings. The molecule has 0 amide bonds. The van der Waals surface area contributed by atoms with Crippen LogP contribution < -0.4 is 5.32 Å². The lowest BCUT2D eigenvalue weighted by molar-refractivity contribution is 0.426. The minimum absolute atomic E-state index is 0.588. The van der Waals surface area contributed by atoms with Gasteiger partial charge < -0.3 is 9.73 Å². The zero-order valence-corrected chi connectivity index (χ0v) is 10.5. The van der Waals surface area contributed by atoms with Crippen molar-refractivity contribution >= 4 is 0 Å². The van der Waals surface area contributed by atoms with Crippen LogP contribution in [-0.2, 0) is 6.54 Å². The molecule has 0 spiro atoms. The fourth-order valence-electron chi connectivity index (χ4n) is 3.20. The molecule has 0 saturated heterocycles. The highest BCUT2D eigenvalue weighted by molar-refractivity contribution is 5.14. The average Bonchev–Trinajstić information content (AvgIpc) is 2.91. The van der Waals surface area contributed by atoms with E-state index in [1.807, 2.05) is 0 Å². The molecule has 4 heteroatoms. The van der Waals surface area contributed by atoms with Crippen molar-refractivity contribution in [3.05, 3.63) is 11.8 Å². The Balaban J connectivity index is 1.57. The first-order chi connectivity index (χ1) is 8.40. The third-order valence-electron chi connectivity index (χ3n) is 4.13. The first-order valence-corrected chi connectivity index (χ1v) is 6.93. The van der Waals surface area contributed by atoms with Crippen molar-refractivity contribution in [3.8, 4) is 0 Å². The van der Waals surface area contributed by atoms with E-state index >= 15 is 0 Å². The molecule has 17 heavy (non-hydrogen) atoms. The maximum atomic E-state index is 5.76. The Morgan fingerprint density at radius 1 is 1.24 bits per heavy atom. The van der Waals surface area contributed by atoms with E-state index in [0.29, 0.717) is 12.5 Å². The van der Waals surface area contributed by atoms with E-state index < -0.39 is 0 Å². The van der Waals surface area contributed by atoms with Crippen molar-refractivity contribution in [2.75, 3.05) is 6.54 Å². The van der Waals surface area contributed by atoms with E-state index in [0.717, 1.165) is 36.6 Å². The molecular weight excluding hydrogens is 214 g/mol. The number of rotatable bonds is 5. The molecule has 2 unspecified atom stereocenters. The van der Waals surface area contributed by atoms with Crippen LogP contribution in [-0.4, -0.2) is 16.7 Å². The molecule has 1 N–H and O–H groups in total. The Kier molecular flexibility index (Phi) is 3.14. The topological polar surface area (TPSA) is 51.0 Å². The third kappa shape index (κ3) is 2.23. The van der Waals surface area contributed by atoms with Gasteiger partial charge in [-0.05, 0) is 37.6 Å². The fraction of sp³-hybridized carbons (Fsp3) is 0.846. The SMILES string of the molecule is CCCNCc1nnc(C2C3CCCCC32)o1. The van der Waals surface area contributed by atoms with Crippen LogP contribution in [0.1, 0.15) is 56.7 Å². The largest absolute Gasteiger partial charge is 0.424 e. The normalized spacial score (nSPS) is 31.2. The number of nitrogens with one attached hydrogen (secondary N) is 1. The molecule has 3 rings (SSSR count). The summed E-state index contributed by atoms with van der Waals surface area (Å²) in [7, 11) is 0. The molecule has 2 fully saturated rings. The molecule has 1 heterocycles. The Bertz CT molecular complexity index is 364. The first kappa shape index (κ1) is 11.2. The molecule has 94 valence electrons. The van der Waals surface area contributed by atoms with Crippen LogP contribution in [0.25, 0.3) is 0 Å². The maximum Gasteiger partial charge on any atom is 0.230 e. The monoisotopic (exact) mass is 235 g/mol. The van der Waals surface area contributed by atoms with Crippen molar-refractivity contribution in [1.29, 1.82) is 0 Å². The molecule has 4 nitrogen and oxygen atoms in total. The summed E-state index contributed by atoms with van der Waals surface area (Å²) in [6, 6.07) is 0. The van der Waals surface area contributed by atoms with Gasteiger partial charge in [0.05, 0.1) is 6.54 Å². The lowest BCUT2D eigenvalue weighted by Crippen LogP contribution is -2.13. The van der Waals surface area contributed by atoms with Gasteiger partial charge in [0.1, 0.15) is 0 Å². The van der Waals surface area contributed by atoms with Crippen LogP contribution in [0.3, 0.4) is 0 Å². The summed E-state index contributed by atoms with van der Waals surface area (Å²) >= 11 is 0. The molecule has 0 aromatic carbocycles. The minimum atomic E-state index is 0.588. The molecular formula is C13H21N3O. The molecule has 0 radical (unpaired) electrons. The zero-order valence-electron chi connectivity index (χ0n) is 10.5. The third-order valence-corrected chi connectivity index (χ3v) is 4.13. The van der Waals surface area contributed by atoms with Crippen LogP contribution in [0.2, 0.25) is 0 Å². The van der Waals surface area contributed by atoms with Crippen molar-refractivity contribution < 1.29 is 4.42 Å². The van der Waals surface area contributed by atoms with Gasteiger partial charge in [0.2, 0.25) is 11.8 Å². The standard InChI is InChI=1S/C13H21N3O/c1-2-7-14-8-11-15-16-13(17-11)12-9-5-3-4-6-10(9)12/h9-10,12,14H,2-8H2,1H3. The van der Waals surface area contributed by atoms with Gasteiger partial charge in [0.25, 0.3) is 0 Å². The van der Waals surface area contributed by atoms with E-state index in [1.54, 1.807) is 0 Å². The van der Waals surface area contributed by atoms with Crippen molar-refractivity contribution in [1.82, 2.24) is 15.5 Å². The van der Waals surface area contributed by atoms with Crippen molar-refractivity contribution in [3.63, 3.8) is 0 Å². The summed E-state index contributed by atoms with van der Waals surface area (Å²) < 4.78 is 5.76. The fourth-order valence-corrected chi connectivity index (χ4v) is 3.20. The predicted molar refractivity (Wildman–Crippen MR) is 64.5 cm³/mol. The van der Waals surface area contributed by atoms with E-state index in [1.165, 1.54) is 25.7 Å². The summed E-state index contributed by atoms with van der Waals surface area (Å²) in [5.41, 5.74) is 0. The molecule has 2 aliphatic carbocycles.